The van der Waals surface area contributed by atoms with E-state index < -0.39 is 11.9 Å². The van der Waals surface area contributed by atoms with Crippen LogP contribution < -0.4 is 15.4 Å². The predicted molar refractivity (Wildman–Crippen MR) is 109 cm³/mol. The van der Waals surface area contributed by atoms with Crippen LogP contribution in [0.5, 0.6) is 5.75 Å². The average Bonchev–Trinajstić information content (AvgIpc) is 3.17. The lowest BCUT2D eigenvalue weighted by Crippen LogP contribution is -2.48. The van der Waals surface area contributed by atoms with Crippen molar-refractivity contribution in [3.05, 3.63) is 24.3 Å². The molecule has 156 valence electrons. The summed E-state index contributed by atoms with van der Waals surface area (Å²) < 4.78 is 7.14. The SMILES string of the molecule is CCOc1ccccc1-n1nnnc1SCC(=O)NC(=O)N[C@H]1CCCC[C@H]1C. The standard InChI is InChI=1S/C19H26N6O3S/c1-3-28-16-11-7-6-10-15(16)25-19(22-23-24-25)29-12-17(26)21-18(27)20-14-9-5-4-8-13(14)2/h6-7,10-11,13-14H,3-5,8-9,12H2,1-2H3,(H2,20,21,26,27)/t13-,14+/m1/s1. The quantitative estimate of drug-likeness (QED) is 0.665. The van der Waals surface area contributed by atoms with E-state index in [2.05, 4.69) is 33.1 Å². The van der Waals surface area contributed by atoms with Gasteiger partial charge in [-0.05, 0) is 48.2 Å². The minimum Gasteiger partial charge on any atom is -0.492 e. The Kier molecular flexibility index (Phi) is 7.45. The van der Waals surface area contributed by atoms with Crippen molar-refractivity contribution in [1.82, 2.24) is 30.8 Å². The number of hydrogen-bond donors (Lipinski definition) is 2. The molecule has 0 unspecified atom stereocenters. The minimum absolute atomic E-state index is 0.0187. The molecule has 1 aromatic heterocycles. The molecule has 1 fully saturated rings. The van der Waals surface area contributed by atoms with Crippen molar-refractivity contribution in [3.63, 3.8) is 0 Å². The third kappa shape index (κ3) is 5.69. The van der Waals surface area contributed by atoms with E-state index in [1.807, 2.05) is 31.2 Å². The number of thioether (sulfide) groups is 1. The summed E-state index contributed by atoms with van der Waals surface area (Å²) in [5, 5.41) is 17.4. The first-order chi connectivity index (χ1) is 14.1. The highest BCUT2D eigenvalue weighted by molar-refractivity contribution is 7.99. The number of benzene rings is 1. The number of aromatic nitrogens is 4. The number of para-hydroxylation sites is 2. The van der Waals surface area contributed by atoms with Crippen LogP contribution >= 0.6 is 11.8 Å². The number of carbonyl (C=O) groups excluding carboxylic acids is 2. The lowest BCUT2D eigenvalue weighted by atomic mass is 9.86. The fourth-order valence-corrected chi connectivity index (χ4v) is 4.04. The highest BCUT2D eigenvalue weighted by Gasteiger charge is 2.23. The molecular weight excluding hydrogens is 392 g/mol. The maximum absolute atomic E-state index is 12.2. The fraction of sp³-hybridized carbons (Fsp3) is 0.526. The zero-order chi connectivity index (χ0) is 20.6. The highest BCUT2D eigenvalue weighted by Crippen LogP contribution is 2.26. The van der Waals surface area contributed by atoms with Gasteiger partial charge in [0.2, 0.25) is 11.1 Å². The zero-order valence-electron chi connectivity index (χ0n) is 16.6. The van der Waals surface area contributed by atoms with Crippen LogP contribution in [0.25, 0.3) is 5.69 Å². The van der Waals surface area contributed by atoms with Crippen molar-refractivity contribution < 1.29 is 14.3 Å². The van der Waals surface area contributed by atoms with Gasteiger partial charge in [0.15, 0.2) is 0 Å². The third-order valence-electron chi connectivity index (χ3n) is 4.85. The van der Waals surface area contributed by atoms with Crippen molar-refractivity contribution in [2.24, 2.45) is 5.92 Å². The Balaban J connectivity index is 1.55. The molecule has 1 aromatic carbocycles. The van der Waals surface area contributed by atoms with E-state index in [4.69, 9.17) is 4.74 Å². The van der Waals surface area contributed by atoms with Gasteiger partial charge < -0.3 is 10.1 Å². The molecule has 1 aliphatic rings. The number of imide groups is 1. The predicted octanol–water partition coefficient (Wildman–Crippen LogP) is 2.56. The summed E-state index contributed by atoms with van der Waals surface area (Å²) in [6.45, 7) is 4.54. The van der Waals surface area contributed by atoms with Crippen molar-refractivity contribution in [2.75, 3.05) is 12.4 Å². The second-order valence-electron chi connectivity index (χ2n) is 6.95. The number of tetrazole rings is 1. The summed E-state index contributed by atoms with van der Waals surface area (Å²) in [4.78, 5) is 24.3. The van der Waals surface area contributed by atoms with Gasteiger partial charge in [-0.25, -0.2) is 4.79 Å². The van der Waals surface area contributed by atoms with E-state index >= 15 is 0 Å². The number of urea groups is 1. The summed E-state index contributed by atoms with van der Waals surface area (Å²) in [5.41, 5.74) is 0.686. The highest BCUT2D eigenvalue weighted by atomic mass is 32.2. The normalized spacial score (nSPS) is 18.8. The number of amides is 3. The van der Waals surface area contributed by atoms with Gasteiger partial charge >= 0.3 is 6.03 Å². The summed E-state index contributed by atoms with van der Waals surface area (Å²) in [7, 11) is 0. The topological polar surface area (TPSA) is 111 Å². The second kappa shape index (κ2) is 10.2. The maximum atomic E-state index is 12.2. The molecule has 1 saturated carbocycles. The summed E-state index contributed by atoms with van der Waals surface area (Å²) >= 11 is 1.15. The zero-order valence-corrected chi connectivity index (χ0v) is 17.4. The second-order valence-corrected chi connectivity index (χ2v) is 7.90. The molecule has 3 amide bonds. The van der Waals surface area contributed by atoms with Gasteiger partial charge in [0.1, 0.15) is 11.4 Å². The number of hydrogen-bond acceptors (Lipinski definition) is 7. The smallest absolute Gasteiger partial charge is 0.321 e. The molecule has 0 saturated heterocycles. The van der Waals surface area contributed by atoms with Crippen LogP contribution in [-0.4, -0.2) is 50.5 Å². The van der Waals surface area contributed by atoms with Crippen LogP contribution in [0.2, 0.25) is 0 Å². The van der Waals surface area contributed by atoms with Gasteiger partial charge in [0.25, 0.3) is 0 Å². The largest absolute Gasteiger partial charge is 0.492 e. The molecule has 29 heavy (non-hydrogen) atoms. The molecule has 1 heterocycles. The first kappa shape index (κ1) is 21.1. The van der Waals surface area contributed by atoms with Gasteiger partial charge in [0.05, 0.1) is 12.4 Å². The molecule has 0 radical (unpaired) electrons. The third-order valence-corrected chi connectivity index (χ3v) is 5.77. The van der Waals surface area contributed by atoms with E-state index in [9.17, 15) is 9.59 Å². The minimum atomic E-state index is -0.448. The Morgan fingerprint density at radius 2 is 2.07 bits per heavy atom. The van der Waals surface area contributed by atoms with Crippen LogP contribution in [0.15, 0.2) is 29.4 Å². The van der Waals surface area contributed by atoms with Gasteiger partial charge in [0, 0.05) is 6.04 Å². The summed E-state index contributed by atoms with van der Waals surface area (Å²) in [6, 6.07) is 7.06. The van der Waals surface area contributed by atoms with Crippen LogP contribution in [0.1, 0.15) is 39.5 Å². The van der Waals surface area contributed by atoms with Gasteiger partial charge in [-0.3, -0.25) is 10.1 Å². The Morgan fingerprint density at radius 3 is 2.86 bits per heavy atom. The molecule has 0 spiro atoms. The fourth-order valence-electron chi connectivity index (χ4n) is 3.36. The molecule has 2 aromatic rings. The molecule has 10 heteroatoms. The van der Waals surface area contributed by atoms with Crippen LogP contribution in [0.4, 0.5) is 4.79 Å². The monoisotopic (exact) mass is 418 g/mol. The number of ether oxygens (including phenoxy) is 1. The van der Waals surface area contributed by atoms with Gasteiger partial charge in [-0.1, -0.05) is 43.7 Å². The lowest BCUT2D eigenvalue weighted by Gasteiger charge is -2.29. The maximum Gasteiger partial charge on any atom is 0.321 e. The Morgan fingerprint density at radius 1 is 1.28 bits per heavy atom. The Labute approximate surface area is 174 Å². The molecule has 2 atom stereocenters. The molecule has 3 rings (SSSR count). The van der Waals surface area contributed by atoms with Crippen molar-refractivity contribution in [2.45, 2.75) is 50.7 Å². The molecule has 2 N–H and O–H groups in total. The Hall–Kier alpha value is -2.62. The van der Waals surface area contributed by atoms with E-state index in [1.54, 1.807) is 0 Å². The Bertz CT molecular complexity index is 843. The van der Waals surface area contributed by atoms with Gasteiger partial charge in [-0.15, -0.1) is 5.10 Å². The number of carbonyl (C=O) groups is 2. The van der Waals surface area contributed by atoms with E-state index in [-0.39, 0.29) is 11.8 Å². The van der Waals surface area contributed by atoms with Crippen molar-refractivity contribution >= 4 is 23.7 Å². The molecular formula is C19H26N6O3S. The average molecular weight is 419 g/mol. The van der Waals surface area contributed by atoms with Gasteiger partial charge in [-0.2, -0.15) is 4.68 Å². The van der Waals surface area contributed by atoms with Crippen LogP contribution in [0.3, 0.4) is 0 Å². The number of rotatable bonds is 7. The van der Waals surface area contributed by atoms with E-state index in [0.29, 0.717) is 29.1 Å². The first-order valence-corrected chi connectivity index (χ1v) is 10.8. The molecule has 0 aliphatic heterocycles. The van der Waals surface area contributed by atoms with Crippen molar-refractivity contribution in [3.8, 4) is 11.4 Å². The molecule has 1 aliphatic carbocycles. The van der Waals surface area contributed by atoms with Crippen LogP contribution in [0, 0.1) is 5.92 Å². The first-order valence-electron chi connectivity index (χ1n) is 9.82. The lowest BCUT2D eigenvalue weighted by molar-refractivity contribution is -0.117. The van der Waals surface area contributed by atoms with Crippen molar-refractivity contribution in [1.29, 1.82) is 0 Å². The molecule has 9 nitrogen and oxygen atoms in total. The number of nitrogens with zero attached hydrogens (tertiary/aromatic N) is 4. The number of nitrogens with one attached hydrogen (secondary N) is 2. The van der Waals surface area contributed by atoms with E-state index in [0.717, 1.165) is 31.0 Å². The summed E-state index contributed by atoms with van der Waals surface area (Å²) in [5.74, 6) is 0.692. The molecule has 0 bridgehead atoms. The van der Waals surface area contributed by atoms with E-state index in [1.165, 1.54) is 11.1 Å². The van der Waals surface area contributed by atoms with Crippen LogP contribution in [-0.2, 0) is 4.79 Å². The summed E-state index contributed by atoms with van der Waals surface area (Å²) in [6.07, 6.45) is 4.34.